The third-order valence-corrected chi connectivity index (χ3v) is 4.12. The van der Waals surface area contributed by atoms with E-state index in [2.05, 4.69) is 65.4 Å². The van der Waals surface area contributed by atoms with Crippen molar-refractivity contribution < 1.29 is 0 Å². The number of anilines is 1. The summed E-state index contributed by atoms with van der Waals surface area (Å²) in [6.07, 6.45) is 2.22. The van der Waals surface area contributed by atoms with Crippen LogP contribution < -0.4 is 5.32 Å². The van der Waals surface area contributed by atoms with Crippen molar-refractivity contribution in [1.82, 2.24) is 0 Å². The van der Waals surface area contributed by atoms with E-state index in [1.54, 1.807) is 0 Å². The second-order valence-corrected chi connectivity index (χ2v) is 6.35. The van der Waals surface area contributed by atoms with Crippen LogP contribution in [0.2, 0.25) is 5.02 Å². The average Bonchev–Trinajstić information content (AvgIpc) is 2.43. The minimum atomic E-state index is 0.310. The van der Waals surface area contributed by atoms with E-state index in [-0.39, 0.29) is 0 Å². The number of benzene rings is 2. The summed E-state index contributed by atoms with van der Waals surface area (Å²) in [7, 11) is 0. The molecule has 0 aromatic heterocycles. The largest absolute Gasteiger partial charge is 0.378 e. The van der Waals surface area contributed by atoms with Crippen molar-refractivity contribution in [2.24, 2.45) is 0 Å². The molecule has 1 unspecified atom stereocenters. The predicted octanol–water partition coefficient (Wildman–Crippen LogP) is 6.36. The maximum atomic E-state index is 5.97. The van der Waals surface area contributed by atoms with Crippen LogP contribution in [-0.4, -0.2) is 0 Å². The summed E-state index contributed by atoms with van der Waals surface area (Å²) in [5.41, 5.74) is 3.70. The molecular weight excluding hydrogens is 334 g/mol. The van der Waals surface area contributed by atoms with Crippen molar-refractivity contribution in [2.45, 2.75) is 32.7 Å². The average molecular weight is 353 g/mol. The highest BCUT2D eigenvalue weighted by atomic mass is 79.9. The zero-order valence-corrected chi connectivity index (χ0v) is 14.1. The lowest BCUT2D eigenvalue weighted by Crippen LogP contribution is -2.11. The van der Waals surface area contributed by atoms with Crippen LogP contribution in [0.4, 0.5) is 5.69 Å². The Morgan fingerprint density at radius 1 is 1.15 bits per heavy atom. The number of hydrogen-bond donors (Lipinski definition) is 1. The normalized spacial score (nSPS) is 12.2. The Morgan fingerprint density at radius 3 is 2.50 bits per heavy atom. The second kappa shape index (κ2) is 7.14. The van der Waals surface area contributed by atoms with Crippen LogP contribution in [0.15, 0.2) is 46.9 Å². The minimum Gasteiger partial charge on any atom is -0.378 e. The molecule has 2 aromatic rings. The van der Waals surface area contributed by atoms with Gasteiger partial charge in [-0.1, -0.05) is 59.1 Å². The van der Waals surface area contributed by atoms with Crippen molar-refractivity contribution in [3.8, 4) is 0 Å². The van der Waals surface area contributed by atoms with Gasteiger partial charge in [0.15, 0.2) is 0 Å². The van der Waals surface area contributed by atoms with Crippen LogP contribution in [0.25, 0.3) is 0 Å². The van der Waals surface area contributed by atoms with Crippen LogP contribution in [0.3, 0.4) is 0 Å². The lowest BCUT2D eigenvalue weighted by Gasteiger charge is -2.21. The molecule has 0 saturated carbocycles. The molecular formula is C17H19BrClN. The molecule has 0 spiro atoms. The smallest absolute Gasteiger partial charge is 0.0513 e. The highest BCUT2D eigenvalue weighted by Gasteiger charge is 2.11. The third-order valence-electron chi connectivity index (χ3n) is 3.38. The van der Waals surface area contributed by atoms with Gasteiger partial charge in [0.2, 0.25) is 0 Å². The van der Waals surface area contributed by atoms with Gasteiger partial charge in [0.1, 0.15) is 0 Å². The van der Waals surface area contributed by atoms with Gasteiger partial charge in [0.25, 0.3) is 0 Å². The summed E-state index contributed by atoms with van der Waals surface area (Å²) in [5, 5.41) is 4.43. The van der Waals surface area contributed by atoms with E-state index in [1.165, 1.54) is 16.8 Å². The molecule has 106 valence electrons. The fraction of sp³-hybridized carbons (Fsp3) is 0.294. The molecule has 2 rings (SSSR count). The summed E-state index contributed by atoms with van der Waals surface area (Å²) in [4.78, 5) is 0. The van der Waals surface area contributed by atoms with E-state index in [0.29, 0.717) is 6.04 Å². The van der Waals surface area contributed by atoms with E-state index < -0.39 is 0 Å². The third kappa shape index (κ3) is 4.00. The van der Waals surface area contributed by atoms with Crippen LogP contribution in [0.5, 0.6) is 0 Å². The Hall–Kier alpha value is -0.990. The van der Waals surface area contributed by atoms with Gasteiger partial charge in [0, 0.05) is 15.2 Å². The lowest BCUT2D eigenvalue weighted by molar-refractivity contribution is 0.677. The molecule has 0 aliphatic heterocycles. The van der Waals surface area contributed by atoms with Crippen molar-refractivity contribution in [2.75, 3.05) is 5.32 Å². The highest BCUT2D eigenvalue weighted by molar-refractivity contribution is 9.10. The standard InChI is InChI=1S/C17H19BrClN/c1-3-4-16(13-6-9-15(19)10-7-13)20-17-11-14(18)8-5-12(17)2/h5-11,16,20H,3-4H2,1-2H3. The van der Waals surface area contributed by atoms with Crippen molar-refractivity contribution in [3.63, 3.8) is 0 Å². The Morgan fingerprint density at radius 2 is 1.85 bits per heavy atom. The summed E-state index contributed by atoms with van der Waals surface area (Å²) in [5.74, 6) is 0. The molecule has 1 atom stereocenters. The van der Waals surface area contributed by atoms with Gasteiger partial charge >= 0.3 is 0 Å². The van der Waals surface area contributed by atoms with E-state index in [9.17, 15) is 0 Å². The first kappa shape index (κ1) is 15.4. The van der Waals surface area contributed by atoms with Crippen LogP contribution >= 0.6 is 27.5 Å². The Balaban J connectivity index is 2.25. The minimum absolute atomic E-state index is 0.310. The van der Waals surface area contributed by atoms with E-state index in [0.717, 1.165) is 22.3 Å². The zero-order valence-electron chi connectivity index (χ0n) is 11.8. The fourth-order valence-corrected chi connectivity index (χ4v) is 2.73. The first-order chi connectivity index (χ1) is 9.60. The molecule has 1 N–H and O–H groups in total. The zero-order chi connectivity index (χ0) is 14.5. The Labute approximate surface area is 134 Å². The molecule has 0 saturated heterocycles. The quantitative estimate of drug-likeness (QED) is 0.659. The molecule has 0 radical (unpaired) electrons. The van der Waals surface area contributed by atoms with Crippen molar-refractivity contribution in [1.29, 1.82) is 0 Å². The maximum Gasteiger partial charge on any atom is 0.0513 e. The first-order valence-corrected chi connectivity index (χ1v) is 8.05. The number of halogens is 2. The molecule has 2 aromatic carbocycles. The fourth-order valence-electron chi connectivity index (χ4n) is 2.24. The van der Waals surface area contributed by atoms with Gasteiger partial charge in [-0.25, -0.2) is 0 Å². The molecule has 0 amide bonds. The maximum absolute atomic E-state index is 5.97. The van der Waals surface area contributed by atoms with E-state index >= 15 is 0 Å². The molecule has 0 aliphatic carbocycles. The van der Waals surface area contributed by atoms with Gasteiger partial charge in [0.05, 0.1) is 6.04 Å². The number of hydrogen-bond acceptors (Lipinski definition) is 1. The molecule has 0 heterocycles. The molecule has 0 bridgehead atoms. The number of aryl methyl sites for hydroxylation is 1. The lowest BCUT2D eigenvalue weighted by atomic mass is 10.0. The summed E-state index contributed by atoms with van der Waals surface area (Å²) >= 11 is 9.51. The second-order valence-electron chi connectivity index (χ2n) is 5.00. The van der Waals surface area contributed by atoms with Gasteiger partial charge in [-0.3, -0.25) is 0 Å². The van der Waals surface area contributed by atoms with Gasteiger partial charge in [-0.05, 0) is 48.7 Å². The van der Waals surface area contributed by atoms with Crippen LogP contribution in [0.1, 0.15) is 36.9 Å². The van der Waals surface area contributed by atoms with Crippen molar-refractivity contribution in [3.05, 3.63) is 63.1 Å². The summed E-state index contributed by atoms with van der Waals surface area (Å²) in [6.45, 7) is 4.33. The summed E-state index contributed by atoms with van der Waals surface area (Å²) in [6, 6.07) is 14.7. The van der Waals surface area contributed by atoms with Gasteiger partial charge < -0.3 is 5.32 Å². The first-order valence-electron chi connectivity index (χ1n) is 6.88. The van der Waals surface area contributed by atoms with Gasteiger partial charge in [-0.2, -0.15) is 0 Å². The van der Waals surface area contributed by atoms with E-state index in [1.807, 2.05) is 12.1 Å². The van der Waals surface area contributed by atoms with Crippen LogP contribution in [0, 0.1) is 6.92 Å². The molecule has 1 nitrogen and oxygen atoms in total. The Bertz CT molecular complexity index is 566. The SMILES string of the molecule is CCCC(Nc1cc(Br)ccc1C)c1ccc(Cl)cc1. The topological polar surface area (TPSA) is 12.0 Å². The molecule has 3 heteroatoms. The van der Waals surface area contributed by atoms with E-state index in [4.69, 9.17) is 11.6 Å². The number of rotatable bonds is 5. The Kier molecular flexibility index (Phi) is 5.50. The van der Waals surface area contributed by atoms with Gasteiger partial charge in [-0.15, -0.1) is 0 Å². The predicted molar refractivity (Wildman–Crippen MR) is 91.6 cm³/mol. The molecule has 0 fully saturated rings. The number of nitrogens with one attached hydrogen (secondary N) is 1. The molecule has 20 heavy (non-hydrogen) atoms. The summed E-state index contributed by atoms with van der Waals surface area (Å²) < 4.78 is 1.09. The van der Waals surface area contributed by atoms with Crippen molar-refractivity contribution >= 4 is 33.2 Å². The van der Waals surface area contributed by atoms with Crippen LogP contribution in [-0.2, 0) is 0 Å². The molecule has 0 aliphatic rings. The monoisotopic (exact) mass is 351 g/mol. The highest BCUT2D eigenvalue weighted by Crippen LogP contribution is 2.28.